The number of ether oxygens (including phenoxy) is 1. The Bertz CT molecular complexity index is 675. The number of hydrogen-bond acceptors (Lipinski definition) is 3. The lowest BCUT2D eigenvalue weighted by atomic mass is 10.1. The van der Waals surface area contributed by atoms with Gasteiger partial charge in [-0.25, -0.2) is 0 Å². The second-order valence-electron chi connectivity index (χ2n) is 5.63. The van der Waals surface area contributed by atoms with Crippen molar-refractivity contribution >= 4 is 5.91 Å². The lowest BCUT2D eigenvalue weighted by Crippen LogP contribution is -2.37. The molecule has 0 unspecified atom stereocenters. The molecule has 4 nitrogen and oxygen atoms in total. The lowest BCUT2D eigenvalue weighted by Gasteiger charge is -2.22. The van der Waals surface area contributed by atoms with Crippen LogP contribution < -0.4 is 4.74 Å². The van der Waals surface area contributed by atoms with E-state index in [1.54, 1.807) is 4.90 Å². The largest absolute Gasteiger partial charge is 0.484 e. The van der Waals surface area contributed by atoms with E-state index >= 15 is 0 Å². The van der Waals surface area contributed by atoms with Crippen LogP contribution in [0.1, 0.15) is 17.5 Å². The average Bonchev–Trinajstić information content (AvgIpc) is 2.62. The van der Waals surface area contributed by atoms with E-state index in [4.69, 9.17) is 10.00 Å². The van der Waals surface area contributed by atoms with Gasteiger partial charge in [-0.1, -0.05) is 48.0 Å². The first-order valence-corrected chi connectivity index (χ1v) is 8.07. The minimum Gasteiger partial charge on any atom is -0.484 e. The van der Waals surface area contributed by atoms with Gasteiger partial charge in [-0.15, -0.1) is 0 Å². The van der Waals surface area contributed by atoms with Gasteiger partial charge >= 0.3 is 0 Å². The summed E-state index contributed by atoms with van der Waals surface area (Å²) in [5, 5.41) is 8.80. The Balaban J connectivity index is 1.89. The van der Waals surface area contributed by atoms with E-state index < -0.39 is 0 Å². The first-order valence-electron chi connectivity index (χ1n) is 8.07. The van der Waals surface area contributed by atoms with E-state index in [1.165, 1.54) is 5.56 Å². The number of rotatable bonds is 8. The molecule has 0 aliphatic rings. The van der Waals surface area contributed by atoms with Gasteiger partial charge in [-0.2, -0.15) is 5.26 Å². The lowest BCUT2D eigenvalue weighted by molar-refractivity contribution is -0.133. The summed E-state index contributed by atoms with van der Waals surface area (Å²) in [5.74, 6) is 0.582. The van der Waals surface area contributed by atoms with Crippen LogP contribution in [-0.2, 0) is 11.2 Å². The van der Waals surface area contributed by atoms with Gasteiger partial charge in [0.1, 0.15) is 5.75 Å². The summed E-state index contributed by atoms with van der Waals surface area (Å²) in [6.07, 6.45) is 1.09. The number of aryl methyl sites for hydroxylation is 1. The Kier molecular flexibility index (Phi) is 6.85. The number of hydrogen-bond donors (Lipinski definition) is 0. The number of carbonyl (C=O) groups is 1. The molecule has 0 fully saturated rings. The molecule has 0 aromatic heterocycles. The van der Waals surface area contributed by atoms with Gasteiger partial charge in [0.05, 0.1) is 12.5 Å². The van der Waals surface area contributed by atoms with Crippen LogP contribution in [0.2, 0.25) is 0 Å². The van der Waals surface area contributed by atoms with Crippen LogP contribution in [-0.4, -0.2) is 30.5 Å². The monoisotopic (exact) mass is 322 g/mol. The Labute approximate surface area is 143 Å². The Morgan fingerprint density at radius 3 is 2.46 bits per heavy atom. The number of carbonyl (C=O) groups excluding carboxylic acids is 1. The second-order valence-corrected chi connectivity index (χ2v) is 5.63. The molecule has 2 aromatic rings. The third-order valence-electron chi connectivity index (χ3n) is 3.74. The van der Waals surface area contributed by atoms with Crippen molar-refractivity contribution in [3.63, 3.8) is 0 Å². The Hall–Kier alpha value is -2.80. The van der Waals surface area contributed by atoms with Gasteiger partial charge in [-0.3, -0.25) is 4.79 Å². The van der Waals surface area contributed by atoms with Crippen LogP contribution in [0.15, 0.2) is 54.6 Å². The highest BCUT2D eigenvalue weighted by Gasteiger charge is 2.14. The van der Waals surface area contributed by atoms with Gasteiger partial charge in [0.15, 0.2) is 6.61 Å². The molecular weight excluding hydrogens is 300 g/mol. The fourth-order valence-electron chi connectivity index (χ4n) is 2.33. The van der Waals surface area contributed by atoms with E-state index in [9.17, 15) is 4.79 Å². The van der Waals surface area contributed by atoms with E-state index in [2.05, 4.69) is 6.07 Å². The van der Waals surface area contributed by atoms with Crippen LogP contribution in [0.4, 0.5) is 0 Å². The summed E-state index contributed by atoms with van der Waals surface area (Å²) < 4.78 is 5.56. The molecule has 4 heteroatoms. The van der Waals surface area contributed by atoms with Crippen LogP contribution in [0.25, 0.3) is 0 Å². The Morgan fingerprint density at radius 1 is 1.08 bits per heavy atom. The van der Waals surface area contributed by atoms with Gasteiger partial charge in [0.25, 0.3) is 5.91 Å². The molecule has 0 spiro atoms. The fraction of sp³-hybridized carbons (Fsp3) is 0.300. The number of nitrogens with zero attached hydrogens (tertiary/aromatic N) is 2. The van der Waals surface area contributed by atoms with Crippen molar-refractivity contribution < 1.29 is 9.53 Å². The summed E-state index contributed by atoms with van der Waals surface area (Å²) in [7, 11) is 0. The molecule has 124 valence electrons. The molecule has 1 amide bonds. The maximum Gasteiger partial charge on any atom is 0.260 e. The van der Waals surface area contributed by atoms with Crippen LogP contribution >= 0.6 is 0 Å². The molecular formula is C20H22N2O2. The summed E-state index contributed by atoms with van der Waals surface area (Å²) in [6.45, 7) is 3.01. The van der Waals surface area contributed by atoms with Gasteiger partial charge in [-0.05, 0) is 31.0 Å². The van der Waals surface area contributed by atoms with Crippen molar-refractivity contribution in [2.24, 2.45) is 0 Å². The second kappa shape index (κ2) is 9.36. The van der Waals surface area contributed by atoms with Crippen LogP contribution in [0, 0.1) is 18.3 Å². The van der Waals surface area contributed by atoms with Crippen molar-refractivity contribution in [1.29, 1.82) is 5.26 Å². The summed E-state index contributed by atoms with van der Waals surface area (Å²) in [6, 6.07) is 19.7. The average molecular weight is 322 g/mol. The molecule has 0 radical (unpaired) electrons. The minimum atomic E-state index is -0.0956. The summed E-state index contributed by atoms with van der Waals surface area (Å²) in [5.41, 5.74) is 2.32. The molecule has 0 atom stereocenters. The number of benzene rings is 2. The topological polar surface area (TPSA) is 53.3 Å². The zero-order valence-electron chi connectivity index (χ0n) is 13.9. The smallest absolute Gasteiger partial charge is 0.260 e. The maximum absolute atomic E-state index is 12.4. The van der Waals surface area contributed by atoms with Gasteiger partial charge < -0.3 is 9.64 Å². The maximum atomic E-state index is 12.4. The molecule has 0 saturated carbocycles. The molecule has 0 aliphatic heterocycles. The predicted octanol–water partition coefficient (Wildman–Crippen LogP) is 3.36. The van der Waals surface area contributed by atoms with Gasteiger partial charge in [0, 0.05) is 13.1 Å². The zero-order valence-corrected chi connectivity index (χ0v) is 13.9. The molecule has 0 saturated heterocycles. The predicted molar refractivity (Wildman–Crippen MR) is 93.6 cm³/mol. The molecule has 0 heterocycles. The molecule has 0 aliphatic carbocycles. The van der Waals surface area contributed by atoms with E-state index in [0.717, 1.165) is 12.0 Å². The van der Waals surface area contributed by atoms with Crippen molar-refractivity contribution in [3.05, 3.63) is 65.7 Å². The highest BCUT2D eigenvalue weighted by molar-refractivity contribution is 5.77. The molecule has 0 bridgehead atoms. The van der Waals surface area contributed by atoms with Crippen molar-refractivity contribution in [2.75, 3.05) is 19.7 Å². The number of nitriles is 1. The minimum absolute atomic E-state index is 0.0106. The van der Waals surface area contributed by atoms with E-state index in [-0.39, 0.29) is 12.5 Å². The normalized spacial score (nSPS) is 10.0. The molecule has 2 rings (SSSR count). The van der Waals surface area contributed by atoms with Crippen molar-refractivity contribution in [2.45, 2.75) is 19.8 Å². The third-order valence-corrected chi connectivity index (χ3v) is 3.74. The highest BCUT2D eigenvalue weighted by Crippen LogP contribution is 2.11. The highest BCUT2D eigenvalue weighted by atomic mass is 16.5. The standard InChI is InChI=1S/C20H22N2O2/c1-17-8-10-19(11-9-17)24-16-20(23)22(14-5-13-21)15-12-18-6-3-2-4-7-18/h2-4,6-11H,5,12,14-16H2,1H3. The third kappa shape index (κ3) is 5.77. The van der Waals surface area contributed by atoms with Gasteiger partial charge in [0.2, 0.25) is 0 Å². The fourth-order valence-corrected chi connectivity index (χ4v) is 2.33. The zero-order chi connectivity index (χ0) is 17.2. The van der Waals surface area contributed by atoms with Crippen LogP contribution in [0.5, 0.6) is 5.75 Å². The van der Waals surface area contributed by atoms with E-state index in [0.29, 0.717) is 25.3 Å². The first-order chi connectivity index (χ1) is 11.7. The van der Waals surface area contributed by atoms with Crippen LogP contribution in [0.3, 0.4) is 0 Å². The quantitative estimate of drug-likeness (QED) is 0.749. The molecule has 24 heavy (non-hydrogen) atoms. The molecule has 2 aromatic carbocycles. The SMILES string of the molecule is Cc1ccc(OCC(=O)N(CCC#N)CCc2ccccc2)cc1. The number of amides is 1. The first kappa shape index (κ1) is 17.6. The van der Waals surface area contributed by atoms with E-state index in [1.807, 2.05) is 61.5 Å². The Morgan fingerprint density at radius 2 is 1.79 bits per heavy atom. The summed E-state index contributed by atoms with van der Waals surface area (Å²) >= 11 is 0. The van der Waals surface area contributed by atoms with Crippen molar-refractivity contribution in [1.82, 2.24) is 4.90 Å². The summed E-state index contributed by atoms with van der Waals surface area (Å²) in [4.78, 5) is 14.1. The molecule has 0 N–H and O–H groups in total. The van der Waals surface area contributed by atoms with Crippen molar-refractivity contribution in [3.8, 4) is 11.8 Å².